The van der Waals surface area contributed by atoms with E-state index < -0.39 is 12.0 Å². The minimum atomic E-state index is -4.56. The predicted molar refractivity (Wildman–Crippen MR) is 53.9 cm³/mol. The molecule has 0 fully saturated rings. The number of hydrazine groups is 1. The van der Waals surface area contributed by atoms with Crippen LogP contribution in [0.15, 0.2) is 6.07 Å². The molecule has 8 heteroatoms. The van der Waals surface area contributed by atoms with E-state index in [0.717, 1.165) is 0 Å². The summed E-state index contributed by atoms with van der Waals surface area (Å²) in [5.74, 6) is -0.993. The number of nitrogens with one attached hydrogen (secondary N) is 2. The Labute approximate surface area is 90.7 Å². The number of anilines is 2. The maximum absolute atomic E-state index is 12.4. The molecular weight excluding hydrogens is 223 g/mol. The highest BCUT2D eigenvalue weighted by Gasteiger charge is 2.35. The highest BCUT2D eigenvalue weighted by molar-refractivity contribution is 5.46. The van der Waals surface area contributed by atoms with E-state index in [1.165, 1.54) is 18.1 Å². The van der Waals surface area contributed by atoms with Crippen molar-refractivity contribution in [2.45, 2.75) is 6.18 Å². The lowest BCUT2D eigenvalue weighted by molar-refractivity contribution is -0.144. The summed E-state index contributed by atoms with van der Waals surface area (Å²) in [6.45, 7) is 0. The Hall–Kier alpha value is -1.57. The summed E-state index contributed by atoms with van der Waals surface area (Å²) < 4.78 is 37.3. The normalized spacial score (nSPS) is 11.7. The molecule has 0 amide bonds. The third-order valence-corrected chi connectivity index (χ3v) is 1.57. The number of rotatable bonds is 3. The molecular formula is C8H12F3N5. The summed E-state index contributed by atoms with van der Waals surface area (Å²) in [6, 6.07) is 1.38. The zero-order valence-electron chi connectivity index (χ0n) is 9.05. The first-order valence-electron chi connectivity index (χ1n) is 4.41. The van der Waals surface area contributed by atoms with E-state index in [9.17, 15) is 13.2 Å². The molecule has 0 saturated heterocycles. The summed E-state index contributed by atoms with van der Waals surface area (Å²) in [6.07, 6.45) is -4.56. The predicted octanol–water partition coefficient (Wildman–Crippen LogP) is 1.43. The van der Waals surface area contributed by atoms with Gasteiger partial charge in [-0.15, -0.1) is 0 Å². The zero-order valence-corrected chi connectivity index (χ0v) is 9.05. The van der Waals surface area contributed by atoms with Gasteiger partial charge < -0.3 is 10.7 Å². The summed E-state index contributed by atoms with van der Waals surface area (Å²) in [5.41, 5.74) is 2.63. The van der Waals surface area contributed by atoms with Crippen LogP contribution < -0.4 is 10.7 Å². The Morgan fingerprint density at radius 2 is 1.75 bits per heavy atom. The van der Waals surface area contributed by atoms with Gasteiger partial charge in [-0.2, -0.15) is 13.2 Å². The molecule has 0 aliphatic heterocycles. The van der Waals surface area contributed by atoms with E-state index in [1.807, 2.05) is 0 Å². The number of nitrogens with zero attached hydrogens (tertiary/aromatic N) is 3. The van der Waals surface area contributed by atoms with Crippen molar-refractivity contribution < 1.29 is 13.2 Å². The average Bonchev–Trinajstić information content (AvgIpc) is 2.14. The van der Waals surface area contributed by atoms with Crippen LogP contribution in [0, 0.1) is 0 Å². The van der Waals surface area contributed by atoms with Crippen LogP contribution >= 0.6 is 0 Å². The van der Waals surface area contributed by atoms with Crippen LogP contribution in [-0.2, 0) is 6.18 Å². The minimum absolute atomic E-state index is 0.0803. The minimum Gasteiger partial charge on any atom is -0.373 e. The van der Waals surface area contributed by atoms with E-state index in [-0.39, 0.29) is 11.6 Å². The molecule has 0 unspecified atom stereocenters. The van der Waals surface area contributed by atoms with Gasteiger partial charge in [0.1, 0.15) is 11.6 Å². The second-order valence-electron chi connectivity index (χ2n) is 3.22. The first-order valence-corrected chi connectivity index (χ1v) is 4.41. The molecule has 0 radical (unpaired) electrons. The summed E-state index contributed by atoms with van der Waals surface area (Å²) in [7, 11) is 4.78. The number of aromatic nitrogens is 2. The molecule has 1 aromatic heterocycles. The van der Waals surface area contributed by atoms with Crippen molar-refractivity contribution in [3.05, 3.63) is 11.9 Å². The van der Waals surface area contributed by atoms with Crippen molar-refractivity contribution in [1.82, 2.24) is 15.0 Å². The number of hydrogen-bond acceptors (Lipinski definition) is 5. The van der Waals surface area contributed by atoms with E-state index in [0.29, 0.717) is 0 Å². The fourth-order valence-electron chi connectivity index (χ4n) is 0.988. The number of halogens is 3. The Bertz CT molecular complexity index is 363. The fourth-order valence-corrected chi connectivity index (χ4v) is 0.988. The first kappa shape index (κ1) is 12.5. The van der Waals surface area contributed by atoms with Crippen molar-refractivity contribution in [2.24, 2.45) is 0 Å². The highest BCUT2D eigenvalue weighted by Crippen LogP contribution is 2.28. The van der Waals surface area contributed by atoms with Gasteiger partial charge in [0.05, 0.1) is 0 Å². The van der Waals surface area contributed by atoms with Crippen molar-refractivity contribution in [1.29, 1.82) is 0 Å². The van der Waals surface area contributed by atoms with Crippen molar-refractivity contribution >= 4 is 11.6 Å². The Balaban J connectivity index is 3.11. The quantitative estimate of drug-likeness (QED) is 0.776. The monoisotopic (exact) mass is 235 g/mol. The lowest BCUT2D eigenvalue weighted by Crippen LogP contribution is -2.22. The Kier molecular flexibility index (Phi) is 3.53. The second-order valence-corrected chi connectivity index (χ2v) is 3.22. The molecule has 0 spiro atoms. The van der Waals surface area contributed by atoms with Crippen LogP contribution in [-0.4, -0.2) is 36.1 Å². The van der Waals surface area contributed by atoms with Gasteiger partial charge in [0.25, 0.3) is 0 Å². The van der Waals surface area contributed by atoms with E-state index in [2.05, 4.69) is 20.7 Å². The van der Waals surface area contributed by atoms with Gasteiger partial charge in [-0.05, 0) is 0 Å². The van der Waals surface area contributed by atoms with Gasteiger partial charge in [-0.1, -0.05) is 0 Å². The zero-order chi connectivity index (χ0) is 12.3. The molecule has 5 nitrogen and oxygen atoms in total. The van der Waals surface area contributed by atoms with Crippen LogP contribution in [0.2, 0.25) is 0 Å². The van der Waals surface area contributed by atoms with Crippen LogP contribution in [0.1, 0.15) is 5.82 Å². The fraction of sp³-hybridized carbons (Fsp3) is 0.500. The molecule has 2 N–H and O–H groups in total. The maximum atomic E-state index is 12.4. The molecule has 1 heterocycles. The molecule has 1 aromatic rings. The van der Waals surface area contributed by atoms with E-state index in [1.54, 1.807) is 14.1 Å². The average molecular weight is 235 g/mol. The molecule has 0 bridgehead atoms. The lowest BCUT2D eigenvalue weighted by Gasteiger charge is -2.15. The molecule has 1 rings (SSSR count). The van der Waals surface area contributed by atoms with Crippen LogP contribution in [0.4, 0.5) is 24.8 Å². The summed E-state index contributed by atoms with van der Waals surface area (Å²) >= 11 is 0. The van der Waals surface area contributed by atoms with Crippen molar-refractivity contribution in [3.8, 4) is 0 Å². The van der Waals surface area contributed by atoms with Gasteiger partial charge in [0.2, 0.25) is 5.82 Å². The second kappa shape index (κ2) is 4.52. The van der Waals surface area contributed by atoms with E-state index in [4.69, 9.17) is 0 Å². The van der Waals surface area contributed by atoms with E-state index >= 15 is 0 Å². The third kappa shape index (κ3) is 3.23. The van der Waals surface area contributed by atoms with Crippen LogP contribution in [0.25, 0.3) is 0 Å². The van der Waals surface area contributed by atoms with Crippen LogP contribution in [0.3, 0.4) is 0 Å². The first-order chi connectivity index (χ1) is 7.32. The van der Waals surface area contributed by atoms with Gasteiger partial charge in [0, 0.05) is 27.2 Å². The Morgan fingerprint density at radius 3 is 2.19 bits per heavy atom. The summed E-state index contributed by atoms with van der Waals surface area (Å²) in [5, 5.41) is 4.03. The molecule has 0 aromatic carbocycles. The van der Waals surface area contributed by atoms with Crippen molar-refractivity contribution in [3.63, 3.8) is 0 Å². The van der Waals surface area contributed by atoms with Gasteiger partial charge >= 0.3 is 6.18 Å². The third-order valence-electron chi connectivity index (χ3n) is 1.57. The van der Waals surface area contributed by atoms with Gasteiger partial charge in [-0.3, -0.25) is 0 Å². The van der Waals surface area contributed by atoms with Gasteiger partial charge in [0.15, 0.2) is 0 Å². The Morgan fingerprint density at radius 1 is 1.19 bits per heavy atom. The molecule has 0 aliphatic carbocycles. The SMILES string of the molecule is CNc1cc(NN(C)C)nc(C(F)(F)F)n1. The van der Waals surface area contributed by atoms with Crippen LogP contribution in [0.5, 0.6) is 0 Å². The molecule has 0 aliphatic rings. The molecule has 16 heavy (non-hydrogen) atoms. The van der Waals surface area contributed by atoms with Gasteiger partial charge in [-0.25, -0.2) is 15.0 Å². The number of alkyl halides is 3. The smallest absolute Gasteiger partial charge is 0.373 e. The molecule has 0 atom stereocenters. The number of hydrogen-bond donors (Lipinski definition) is 2. The summed E-state index contributed by atoms with van der Waals surface area (Å²) in [4.78, 5) is 6.69. The highest BCUT2D eigenvalue weighted by atomic mass is 19.4. The topological polar surface area (TPSA) is 53.1 Å². The lowest BCUT2D eigenvalue weighted by atomic mass is 10.4. The molecule has 90 valence electrons. The maximum Gasteiger partial charge on any atom is 0.451 e. The van der Waals surface area contributed by atoms with Crippen molar-refractivity contribution in [2.75, 3.05) is 31.9 Å². The largest absolute Gasteiger partial charge is 0.451 e. The standard InChI is InChI=1S/C8H12F3N5/c1-12-5-4-6(15-16(2)3)14-7(13-5)8(9,10)11/h4H,1-3H3,(H2,12,13,14,15). The molecule has 0 saturated carbocycles.